The summed E-state index contributed by atoms with van der Waals surface area (Å²) in [6, 6.07) is 20.1. The van der Waals surface area contributed by atoms with Gasteiger partial charge in [-0.3, -0.25) is 29.5 Å². The zero-order chi connectivity index (χ0) is 37.1. The fourth-order valence-electron chi connectivity index (χ4n) is 7.99. The SMILES string of the molecule is COc1ccc2c(C)nc(NC3CCN(c4ccc(CN5CCC(O)(c6ccc(C=O)c(CN(C)C7CCC(=O)NC7=O)c6)CC5)cc4)CC3)nc2c1. The summed E-state index contributed by atoms with van der Waals surface area (Å²) >= 11 is 0. The fourth-order valence-corrected chi connectivity index (χ4v) is 7.99. The Bertz CT molecular complexity index is 1970. The number of nitrogens with zero attached hydrogens (tertiary/aromatic N) is 5. The van der Waals surface area contributed by atoms with Gasteiger partial charge in [0.05, 0.1) is 30.0 Å². The maximum atomic E-state index is 12.4. The molecular weight excluding hydrogens is 670 g/mol. The molecule has 3 fully saturated rings. The number of piperidine rings is 3. The van der Waals surface area contributed by atoms with Crippen molar-refractivity contribution in [3.8, 4) is 5.75 Å². The molecule has 3 aromatic carbocycles. The Morgan fingerprint density at radius 2 is 1.75 bits per heavy atom. The molecule has 3 aliphatic rings. The van der Waals surface area contributed by atoms with Gasteiger partial charge in [0.1, 0.15) is 12.0 Å². The van der Waals surface area contributed by atoms with Gasteiger partial charge >= 0.3 is 0 Å². The molecular formula is C41H49N7O5. The van der Waals surface area contributed by atoms with Gasteiger partial charge < -0.3 is 20.1 Å². The van der Waals surface area contributed by atoms with Crippen molar-refractivity contribution in [2.75, 3.05) is 50.6 Å². The van der Waals surface area contributed by atoms with E-state index in [2.05, 4.69) is 44.7 Å². The van der Waals surface area contributed by atoms with Crippen molar-refractivity contribution in [1.29, 1.82) is 0 Å². The first-order valence-corrected chi connectivity index (χ1v) is 18.6. The first-order chi connectivity index (χ1) is 25.6. The van der Waals surface area contributed by atoms with Crippen molar-refractivity contribution in [3.63, 3.8) is 0 Å². The summed E-state index contributed by atoms with van der Waals surface area (Å²) in [6.07, 6.45) is 4.69. The monoisotopic (exact) mass is 719 g/mol. The molecule has 2 amide bonds. The van der Waals surface area contributed by atoms with Gasteiger partial charge in [-0.15, -0.1) is 0 Å². The zero-order valence-electron chi connectivity index (χ0n) is 30.8. The Kier molecular flexibility index (Phi) is 10.7. The Hall–Kier alpha value is -4.91. The van der Waals surface area contributed by atoms with Crippen molar-refractivity contribution in [1.82, 2.24) is 25.1 Å². The summed E-state index contributed by atoms with van der Waals surface area (Å²) < 4.78 is 5.39. The van der Waals surface area contributed by atoms with E-state index in [1.54, 1.807) is 13.2 Å². The molecule has 1 unspecified atom stereocenters. The van der Waals surface area contributed by atoms with E-state index in [-0.39, 0.29) is 11.8 Å². The molecule has 12 nitrogen and oxygen atoms in total. The third-order valence-electron chi connectivity index (χ3n) is 11.3. The van der Waals surface area contributed by atoms with Crippen LogP contribution >= 0.6 is 0 Å². The summed E-state index contributed by atoms with van der Waals surface area (Å²) in [5.74, 6) is 0.880. The topological polar surface area (TPSA) is 140 Å². The smallest absolute Gasteiger partial charge is 0.243 e. The number of hydrogen-bond acceptors (Lipinski definition) is 11. The maximum absolute atomic E-state index is 12.4. The van der Waals surface area contributed by atoms with Crippen molar-refractivity contribution in [2.45, 2.75) is 76.2 Å². The Labute approximate surface area is 310 Å². The molecule has 1 aromatic heterocycles. The van der Waals surface area contributed by atoms with E-state index in [0.717, 1.165) is 85.3 Å². The predicted molar refractivity (Wildman–Crippen MR) is 204 cm³/mol. The van der Waals surface area contributed by atoms with Crippen molar-refractivity contribution in [3.05, 3.63) is 88.6 Å². The number of ether oxygens (including phenoxy) is 1. The predicted octanol–water partition coefficient (Wildman–Crippen LogP) is 4.56. The lowest BCUT2D eigenvalue weighted by molar-refractivity contribution is -0.137. The lowest BCUT2D eigenvalue weighted by Gasteiger charge is -2.39. The Balaban J connectivity index is 0.902. The van der Waals surface area contributed by atoms with Crippen LogP contribution in [0.2, 0.25) is 0 Å². The summed E-state index contributed by atoms with van der Waals surface area (Å²) in [6.45, 7) is 6.57. The number of rotatable bonds is 11. The minimum absolute atomic E-state index is 0.257. The van der Waals surface area contributed by atoms with Crippen LogP contribution in [0.15, 0.2) is 60.7 Å². The van der Waals surface area contributed by atoms with Crippen LogP contribution in [-0.2, 0) is 28.3 Å². The van der Waals surface area contributed by atoms with E-state index in [9.17, 15) is 19.5 Å². The minimum Gasteiger partial charge on any atom is -0.497 e. The molecule has 4 aromatic rings. The first-order valence-electron chi connectivity index (χ1n) is 18.6. The number of carbonyl (C=O) groups is 3. The molecule has 7 rings (SSSR count). The second kappa shape index (κ2) is 15.6. The molecule has 3 N–H and O–H groups in total. The van der Waals surface area contributed by atoms with Crippen LogP contribution < -0.4 is 20.3 Å². The number of aldehydes is 1. The summed E-state index contributed by atoms with van der Waals surface area (Å²) in [4.78, 5) is 52.1. The van der Waals surface area contributed by atoms with E-state index < -0.39 is 11.6 Å². The Morgan fingerprint density at radius 3 is 2.45 bits per heavy atom. The molecule has 0 spiro atoms. The molecule has 12 heteroatoms. The van der Waals surface area contributed by atoms with Crippen LogP contribution in [0.3, 0.4) is 0 Å². The maximum Gasteiger partial charge on any atom is 0.243 e. The van der Waals surface area contributed by atoms with Gasteiger partial charge in [-0.1, -0.05) is 30.3 Å². The molecule has 53 heavy (non-hydrogen) atoms. The molecule has 0 bridgehead atoms. The van der Waals surface area contributed by atoms with E-state index in [1.165, 1.54) is 11.3 Å². The zero-order valence-corrected chi connectivity index (χ0v) is 30.8. The van der Waals surface area contributed by atoms with Crippen LogP contribution in [0, 0.1) is 6.92 Å². The number of amides is 2. The molecule has 3 saturated heterocycles. The Morgan fingerprint density at radius 1 is 1.00 bits per heavy atom. The number of likely N-dealkylation sites (N-methyl/N-ethyl adjacent to an activating group) is 1. The molecule has 4 heterocycles. The van der Waals surface area contributed by atoms with E-state index in [1.807, 2.05) is 49.2 Å². The molecule has 0 radical (unpaired) electrons. The van der Waals surface area contributed by atoms with Crippen LogP contribution in [0.25, 0.3) is 10.9 Å². The summed E-state index contributed by atoms with van der Waals surface area (Å²) in [7, 11) is 3.49. The quantitative estimate of drug-likeness (QED) is 0.149. The second-order valence-electron chi connectivity index (χ2n) is 14.8. The highest BCUT2D eigenvalue weighted by Crippen LogP contribution is 2.35. The number of nitrogens with one attached hydrogen (secondary N) is 2. The molecule has 0 saturated carbocycles. The molecule has 278 valence electrons. The summed E-state index contributed by atoms with van der Waals surface area (Å²) in [5.41, 5.74) is 5.38. The minimum atomic E-state index is -1.00. The highest BCUT2D eigenvalue weighted by molar-refractivity contribution is 6.00. The third kappa shape index (κ3) is 8.19. The molecule has 0 aliphatic carbocycles. The number of hydrogen-bond donors (Lipinski definition) is 3. The molecule has 1 atom stereocenters. The van der Waals surface area contributed by atoms with Gasteiger partial charge in [-0.2, -0.15) is 0 Å². The fraction of sp³-hybridized carbons (Fsp3) is 0.439. The normalized spacial score (nSPS) is 19.7. The van der Waals surface area contributed by atoms with Gasteiger partial charge in [0.2, 0.25) is 17.8 Å². The number of methoxy groups -OCH3 is 1. The van der Waals surface area contributed by atoms with Gasteiger partial charge in [0.25, 0.3) is 0 Å². The van der Waals surface area contributed by atoms with E-state index in [0.29, 0.717) is 49.8 Å². The average Bonchev–Trinajstić information content (AvgIpc) is 3.16. The van der Waals surface area contributed by atoms with Crippen LogP contribution in [-0.4, -0.2) is 95.4 Å². The number of imide groups is 1. The van der Waals surface area contributed by atoms with E-state index >= 15 is 0 Å². The lowest BCUT2D eigenvalue weighted by atomic mass is 9.83. The van der Waals surface area contributed by atoms with Gasteiger partial charge in [-0.25, -0.2) is 9.97 Å². The van der Waals surface area contributed by atoms with Crippen LogP contribution in [0.5, 0.6) is 5.75 Å². The second-order valence-corrected chi connectivity index (χ2v) is 14.8. The van der Waals surface area contributed by atoms with Crippen molar-refractivity contribution >= 4 is 40.6 Å². The highest BCUT2D eigenvalue weighted by Gasteiger charge is 2.35. The van der Waals surface area contributed by atoms with Crippen LogP contribution in [0.1, 0.15) is 71.3 Å². The van der Waals surface area contributed by atoms with Crippen molar-refractivity contribution < 1.29 is 24.2 Å². The lowest BCUT2D eigenvalue weighted by Crippen LogP contribution is -2.51. The van der Waals surface area contributed by atoms with Gasteiger partial charge in [-0.05, 0) is 87.0 Å². The standard InChI is InChI=1S/C41H49N7O5/c1-27-35-11-10-34(53-3)23-36(35)44-40(42-27)43-32-14-18-48(19-15-32)33-8-4-28(5-9-33)24-47-20-16-41(52,17-21-47)31-7-6-29(26-49)30(22-31)25-46(2)37-12-13-38(50)45-39(37)51/h4-11,22-23,26,32,37,52H,12-21,24-25H2,1-3H3,(H,42,43,44)(H,45,50,51). The number of benzene rings is 3. The number of fused-ring (bicyclic) bond motifs is 1. The van der Waals surface area contributed by atoms with Gasteiger partial charge in [0.15, 0.2) is 0 Å². The number of likely N-dealkylation sites (tertiary alicyclic amines) is 1. The highest BCUT2D eigenvalue weighted by atomic mass is 16.5. The third-order valence-corrected chi connectivity index (χ3v) is 11.3. The number of anilines is 2. The largest absolute Gasteiger partial charge is 0.497 e. The number of aromatic nitrogens is 2. The number of aliphatic hydroxyl groups is 1. The first kappa shape index (κ1) is 36.4. The molecule has 3 aliphatic heterocycles. The number of carbonyl (C=O) groups excluding carboxylic acids is 3. The van der Waals surface area contributed by atoms with E-state index in [4.69, 9.17) is 14.7 Å². The van der Waals surface area contributed by atoms with Crippen LogP contribution in [0.4, 0.5) is 11.6 Å². The number of aryl methyl sites for hydroxylation is 1. The summed E-state index contributed by atoms with van der Waals surface area (Å²) in [5, 5.41) is 18.8. The van der Waals surface area contributed by atoms with Gasteiger partial charge in [0, 0.05) is 74.4 Å². The van der Waals surface area contributed by atoms with Crippen molar-refractivity contribution in [2.24, 2.45) is 0 Å². The average molecular weight is 720 g/mol.